The van der Waals surface area contributed by atoms with Crippen LogP contribution in [0.3, 0.4) is 0 Å². The number of hydrogen-bond donors (Lipinski definition) is 2. The first-order valence-corrected chi connectivity index (χ1v) is 4.31. The number of hydrogen-bond acceptors (Lipinski definition) is 2. The number of rotatable bonds is 1. The van der Waals surface area contributed by atoms with Crippen molar-refractivity contribution >= 4 is 17.4 Å². The van der Waals surface area contributed by atoms with Crippen molar-refractivity contribution in [3.05, 3.63) is 35.1 Å². The fraction of sp³-hybridized carbons (Fsp3) is 0. The number of nitrogens with zero attached hydrogens (tertiary/aromatic N) is 1. The highest BCUT2D eigenvalue weighted by molar-refractivity contribution is 6.30. The van der Waals surface area contributed by atoms with Crippen molar-refractivity contribution in [3.8, 4) is 11.3 Å². The van der Waals surface area contributed by atoms with Gasteiger partial charge in [0.25, 0.3) is 0 Å². The number of aromatic nitrogens is 2. The minimum atomic E-state index is -0.535. The summed E-state index contributed by atoms with van der Waals surface area (Å²) in [5.41, 5.74) is 6.14. The lowest BCUT2D eigenvalue weighted by atomic mass is 10.1. The Hall–Kier alpha value is -1.55. The average molecular weight is 212 g/mol. The molecule has 3 nitrogen and oxygen atoms in total. The second kappa shape index (κ2) is 3.31. The van der Waals surface area contributed by atoms with Crippen LogP contribution in [-0.2, 0) is 0 Å². The summed E-state index contributed by atoms with van der Waals surface area (Å²) < 4.78 is 13.3. The Morgan fingerprint density at radius 3 is 2.43 bits per heavy atom. The Labute approximate surface area is 84.7 Å². The summed E-state index contributed by atoms with van der Waals surface area (Å²) in [6.07, 6.45) is 0. The van der Waals surface area contributed by atoms with Crippen molar-refractivity contribution in [2.24, 2.45) is 0 Å². The van der Waals surface area contributed by atoms with Crippen LogP contribution in [0.15, 0.2) is 24.3 Å². The van der Waals surface area contributed by atoms with Crippen LogP contribution >= 0.6 is 11.6 Å². The third-order valence-electron chi connectivity index (χ3n) is 1.85. The molecule has 5 heteroatoms. The van der Waals surface area contributed by atoms with Gasteiger partial charge in [-0.1, -0.05) is 23.7 Å². The van der Waals surface area contributed by atoms with Gasteiger partial charge in [0, 0.05) is 10.6 Å². The van der Waals surface area contributed by atoms with Gasteiger partial charge in [0.15, 0.2) is 11.6 Å². The highest BCUT2D eigenvalue weighted by Crippen LogP contribution is 2.24. The molecule has 2 rings (SSSR count). The number of nitrogens with two attached hydrogens (primary N) is 1. The molecule has 1 aromatic heterocycles. The van der Waals surface area contributed by atoms with Gasteiger partial charge in [0.2, 0.25) is 0 Å². The Balaban J connectivity index is 2.49. The fourth-order valence-electron chi connectivity index (χ4n) is 1.14. The van der Waals surface area contributed by atoms with E-state index in [0.717, 1.165) is 0 Å². The first-order chi connectivity index (χ1) is 6.68. The molecule has 0 aliphatic heterocycles. The van der Waals surface area contributed by atoms with Crippen LogP contribution < -0.4 is 5.73 Å². The standard InChI is InChI=1S/C9H7ClFN3/c10-6-3-1-5(2-4-6)8-7(11)9(12)14-13-8/h1-4H,(H3,12,13,14). The topological polar surface area (TPSA) is 54.7 Å². The van der Waals surface area contributed by atoms with E-state index in [-0.39, 0.29) is 11.5 Å². The molecule has 0 aliphatic rings. The van der Waals surface area contributed by atoms with Gasteiger partial charge in [-0.2, -0.15) is 5.10 Å². The predicted molar refractivity (Wildman–Crippen MR) is 53.4 cm³/mol. The van der Waals surface area contributed by atoms with E-state index in [9.17, 15) is 4.39 Å². The maximum absolute atomic E-state index is 13.3. The normalized spacial score (nSPS) is 10.4. The maximum atomic E-state index is 13.3. The smallest absolute Gasteiger partial charge is 0.192 e. The quantitative estimate of drug-likeness (QED) is 0.761. The highest BCUT2D eigenvalue weighted by Gasteiger charge is 2.11. The zero-order valence-electron chi connectivity index (χ0n) is 7.09. The summed E-state index contributed by atoms with van der Waals surface area (Å²) >= 11 is 5.70. The highest BCUT2D eigenvalue weighted by atomic mass is 35.5. The third kappa shape index (κ3) is 1.44. The summed E-state index contributed by atoms with van der Waals surface area (Å²) in [5.74, 6) is -0.595. The number of aromatic amines is 1. The van der Waals surface area contributed by atoms with Crippen LogP contribution in [0.4, 0.5) is 10.2 Å². The lowest BCUT2D eigenvalue weighted by molar-refractivity contribution is 0.636. The summed E-state index contributed by atoms with van der Waals surface area (Å²) in [6.45, 7) is 0. The van der Waals surface area contributed by atoms with E-state index in [4.69, 9.17) is 17.3 Å². The third-order valence-corrected chi connectivity index (χ3v) is 2.10. The molecule has 0 amide bonds. The average Bonchev–Trinajstić information content (AvgIpc) is 2.50. The maximum Gasteiger partial charge on any atom is 0.192 e. The van der Waals surface area contributed by atoms with Crippen molar-refractivity contribution in [1.82, 2.24) is 10.2 Å². The zero-order valence-corrected chi connectivity index (χ0v) is 7.85. The van der Waals surface area contributed by atoms with E-state index in [1.165, 1.54) is 0 Å². The Morgan fingerprint density at radius 2 is 1.93 bits per heavy atom. The summed E-state index contributed by atoms with van der Waals surface area (Å²) in [7, 11) is 0. The molecule has 72 valence electrons. The van der Waals surface area contributed by atoms with Crippen LogP contribution in [0.5, 0.6) is 0 Å². The largest absolute Gasteiger partial charge is 0.382 e. The number of H-pyrrole nitrogens is 1. The van der Waals surface area contributed by atoms with Crippen LogP contribution in [0, 0.1) is 5.82 Å². The molecule has 0 saturated carbocycles. The number of benzene rings is 1. The van der Waals surface area contributed by atoms with Gasteiger partial charge >= 0.3 is 0 Å². The fourth-order valence-corrected chi connectivity index (χ4v) is 1.27. The second-order valence-corrected chi connectivity index (χ2v) is 3.24. The van der Waals surface area contributed by atoms with Gasteiger partial charge in [0.05, 0.1) is 0 Å². The molecule has 0 fully saturated rings. The van der Waals surface area contributed by atoms with Crippen molar-refractivity contribution in [3.63, 3.8) is 0 Å². The van der Waals surface area contributed by atoms with E-state index in [2.05, 4.69) is 10.2 Å². The van der Waals surface area contributed by atoms with Crippen molar-refractivity contribution < 1.29 is 4.39 Å². The first kappa shape index (κ1) is 9.02. The molecule has 0 bridgehead atoms. The molecule has 0 atom stereocenters. The summed E-state index contributed by atoms with van der Waals surface area (Å²) in [6, 6.07) is 6.70. The lowest BCUT2D eigenvalue weighted by Crippen LogP contribution is -1.87. The van der Waals surface area contributed by atoms with Gasteiger partial charge in [0.1, 0.15) is 5.69 Å². The summed E-state index contributed by atoms with van der Waals surface area (Å²) in [5, 5.41) is 6.71. The molecule has 2 aromatic rings. The molecule has 1 aromatic carbocycles. The minimum absolute atomic E-state index is 0.0602. The van der Waals surface area contributed by atoms with Gasteiger partial charge < -0.3 is 5.73 Å². The van der Waals surface area contributed by atoms with Crippen LogP contribution in [-0.4, -0.2) is 10.2 Å². The molecule has 14 heavy (non-hydrogen) atoms. The van der Waals surface area contributed by atoms with E-state index >= 15 is 0 Å². The van der Waals surface area contributed by atoms with Crippen LogP contribution in [0.25, 0.3) is 11.3 Å². The predicted octanol–water partition coefficient (Wildman–Crippen LogP) is 2.45. The van der Waals surface area contributed by atoms with Crippen LogP contribution in [0.2, 0.25) is 5.02 Å². The lowest BCUT2D eigenvalue weighted by Gasteiger charge is -1.96. The van der Waals surface area contributed by atoms with Crippen molar-refractivity contribution in [2.75, 3.05) is 5.73 Å². The van der Waals surface area contributed by atoms with Gasteiger partial charge in [-0.15, -0.1) is 0 Å². The number of nitrogen functional groups attached to an aromatic ring is 1. The van der Waals surface area contributed by atoms with E-state index in [1.807, 2.05) is 0 Å². The Bertz CT molecular complexity index is 450. The zero-order chi connectivity index (χ0) is 10.1. The van der Waals surface area contributed by atoms with E-state index < -0.39 is 5.82 Å². The van der Waals surface area contributed by atoms with Gasteiger partial charge in [-0.25, -0.2) is 4.39 Å². The Morgan fingerprint density at radius 1 is 1.29 bits per heavy atom. The number of nitrogens with one attached hydrogen (secondary N) is 1. The minimum Gasteiger partial charge on any atom is -0.382 e. The van der Waals surface area contributed by atoms with E-state index in [0.29, 0.717) is 10.6 Å². The van der Waals surface area contributed by atoms with Crippen molar-refractivity contribution in [2.45, 2.75) is 0 Å². The molecule has 0 spiro atoms. The summed E-state index contributed by atoms with van der Waals surface area (Å²) in [4.78, 5) is 0. The van der Waals surface area contributed by atoms with Crippen LogP contribution in [0.1, 0.15) is 0 Å². The molecular weight excluding hydrogens is 205 g/mol. The molecule has 1 heterocycles. The van der Waals surface area contributed by atoms with E-state index in [1.54, 1.807) is 24.3 Å². The van der Waals surface area contributed by atoms with Gasteiger partial charge in [-0.3, -0.25) is 5.10 Å². The molecule has 0 unspecified atom stereocenters. The Kier molecular flexibility index (Phi) is 2.13. The molecule has 0 radical (unpaired) electrons. The number of anilines is 1. The van der Waals surface area contributed by atoms with Gasteiger partial charge in [-0.05, 0) is 12.1 Å². The molecule has 0 aliphatic carbocycles. The number of halogens is 2. The first-order valence-electron chi connectivity index (χ1n) is 3.94. The monoisotopic (exact) mass is 211 g/mol. The SMILES string of the molecule is Nc1[nH]nc(-c2ccc(Cl)cc2)c1F. The molecule has 0 saturated heterocycles. The second-order valence-electron chi connectivity index (χ2n) is 2.81. The van der Waals surface area contributed by atoms with Crippen molar-refractivity contribution in [1.29, 1.82) is 0 Å². The molecular formula is C9H7ClFN3. The molecule has 3 N–H and O–H groups in total.